The predicted octanol–water partition coefficient (Wildman–Crippen LogP) is 2.12. The lowest BCUT2D eigenvalue weighted by atomic mass is 9.93. The third-order valence-corrected chi connectivity index (χ3v) is 4.31. The number of fused-ring (bicyclic) bond motifs is 1. The lowest BCUT2D eigenvalue weighted by Gasteiger charge is -2.32. The lowest BCUT2D eigenvalue weighted by molar-refractivity contribution is -0.130. The number of benzene rings is 2. The van der Waals surface area contributed by atoms with Gasteiger partial charge in [0.1, 0.15) is 5.75 Å². The van der Waals surface area contributed by atoms with Crippen molar-refractivity contribution in [3.63, 3.8) is 0 Å². The largest absolute Gasteiger partial charge is 0.507 e. The molecule has 1 aliphatic rings. The van der Waals surface area contributed by atoms with E-state index in [4.69, 9.17) is 0 Å². The number of hydrogen-bond donors (Lipinski definition) is 3. The van der Waals surface area contributed by atoms with Crippen LogP contribution in [0.5, 0.6) is 5.75 Å². The van der Waals surface area contributed by atoms with Crippen molar-refractivity contribution in [2.45, 2.75) is 19.4 Å². The van der Waals surface area contributed by atoms with Crippen LogP contribution in [0, 0.1) is 0 Å². The van der Waals surface area contributed by atoms with E-state index in [0.717, 1.165) is 11.1 Å². The monoisotopic (exact) mass is 365 g/mol. The fourth-order valence-electron chi connectivity index (χ4n) is 3.00. The highest BCUT2D eigenvalue weighted by Gasteiger charge is 2.28. The summed E-state index contributed by atoms with van der Waals surface area (Å²) in [6.07, 6.45) is 3.45. The standard InChI is InChI=1S/C20H19N3O4/c1-13(24)23-11-10-14-6-2-3-7-15(14)17(23)12-19(26)21-22-20(27)16-8-4-5-9-18(16)25/h2-11,17,25H,12H2,1H3,(H,21,26)(H,22,27). The van der Waals surface area contributed by atoms with Gasteiger partial charge in [-0.3, -0.25) is 25.2 Å². The summed E-state index contributed by atoms with van der Waals surface area (Å²) in [5.41, 5.74) is 6.46. The topological polar surface area (TPSA) is 98.7 Å². The van der Waals surface area contributed by atoms with Crippen LogP contribution in [0.1, 0.15) is 40.9 Å². The third kappa shape index (κ3) is 3.98. The Balaban J connectivity index is 1.69. The van der Waals surface area contributed by atoms with Crippen LogP contribution in [-0.2, 0) is 9.59 Å². The highest BCUT2D eigenvalue weighted by molar-refractivity contribution is 5.97. The maximum absolute atomic E-state index is 12.4. The minimum atomic E-state index is -0.631. The highest BCUT2D eigenvalue weighted by atomic mass is 16.3. The van der Waals surface area contributed by atoms with Crippen molar-refractivity contribution < 1.29 is 19.5 Å². The fourth-order valence-corrected chi connectivity index (χ4v) is 3.00. The molecule has 0 saturated heterocycles. The van der Waals surface area contributed by atoms with Crippen LogP contribution in [0.4, 0.5) is 0 Å². The molecule has 1 unspecified atom stereocenters. The van der Waals surface area contributed by atoms with E-state index in [1.807, 2.05) is 30.3 Å². The molecule has 1 aliphatic heterocycles. The van der Waals surface area contributed by atoms with Crippen molar-refractivity contribution in [1.29, 1.82) is 0 Å². The van der Waals surface area contributed by atoms with E-state index in [2.05, 4.69) is 10.9 Å². The van der Waals surface area contributed by atoms with Crippen LogP contribution in [0.15, 0.2) is 54.7 Å². The number of rotatable bonds is 3. The summed E-state index contributed by atoms with van der Waals surface area (Å²) in [6.45, 7) is 1.43. The van der Waals surface area contributed by atoms with Gasteiger partial charge in [0.05, 0.1) is 18.0 Å². The maximum Gasteiger partial charge on any atom is 0.273 e. The van der Waals surface area contributed by atoms with Gasteiger partial charge in [0.15, 0.2) is 0 Å². The number of aromatic hydroxyl groups is 1. The van der Waals surface area contributed by atoms with Gasteiger partial charge in [-0.15, -0.1) is 0 Å². The molecule has 2 aromatic carbocycles. The zero-order valence-electron chi connectivity index (χ0n) is 14.7. The molecule has 0 bridgehead atoms. The first-order valence-electron chi connectivity index (χ1n) is 8.40. The molecule has 0 aliphatic carbocycles. The number of para-hydroxylation sites is 1. The van der Waals surface area contributed by atoms with E-state index in [-0.39, 0.29) is 23.6 Å². The molecular weight excluding hydrogens is 346 g/mol. The molecule has 7 heteroatoms. The van der Waals surface area contributed by atoms with Crippen LogP contribution in [0.25, 0.3) is 6.08 Å². The molecule has 7 nitrogen and oxygen atoms in total. The van der Waals surface area contributed by atoms with Gasteiger partial charge in [0, 0.05) is 13.1 Å². The summed E-state index contributed by atoms with van der Waals surface area (Å²) in [5.74, 6) is -1.45. The number of nitrogens with one attached hydrogen (secondary N) is 2. The number of hydrogen-bond acceptors (Lipinski definition) is 4. The molecular formula is C20H19N3O4. The number of carbonyl (C=O) groups is 3. The molecule has 1 atom stereocenters. The molecule has 0 fully saturated rings. The Bertz CT molecular complexity index is 923. The Morgan fingerprint density at radius 2 is 1.74 bits per heavy atom. The molecule has 138 valence electrons. The molecule has 3 rings (SSSR count). The van der Waals surface area contributed by atoms with Gasteiger partial charge in [0.2, 0.25) is 11.8 Å². The van der Waals surface area contributed by atoms with Crippen molar-refractivity contribution in [3.8, 4) is 5.75 Å². The molecule has 3 amide bonds. The number of nitrogens with zero attached hydrogens (tertiary/aromatic N) is 1. The molecule has 0 radical (unpaired) electrons. The Hall–Kier alpha value is -3.61. The van der Waals surface area contributed by atoms with Crippen LogP contribution in [-0.4, -0.2) is 27.7 Å². The van der Waals surface area contributed by atoms with Crippen LogP contribution in [0.3, 0.4) is 0 Å². The van der Waals surface area contributed by atoms with E-state index in [9.17, 15) is 19.5 Å². The second-order valence-corrected chi connectivity index (χ2v) is 6.11. The van der Waals surface area contributed by atoms with E-state index >= 15 is 0 Å². The first kappa shape index (κ1) is 18.2. The lowest BCUT2D eigenvalue weighted by Crippen LogP contribution is -2.43. The number of hydrazine groups is 1. The minimum absolute atomic E-state index is 0.0258. The summed E-state index contributed by atoms with van der Waals surface area (Å²) in [4.78, 5) is 37.9. The minimum Gasteiger partial charge on any atom is -0.507 e. The third-order valence-electron chi connectivity index (χ3n) is 4.31. The first-order chi connectivity index (χ1) is 13.0. The van der Waals surface area contributed by atoms with Gasteiger partial charge in [0.25, 0.3) is 5.91 Å². The van der Waals surface area contributed by atoms with Crippen molar-refractivity contribution in [1.82, 2.24) is 15.8 Å². The predicted molar refractivity (Wildman–Crippen MR) is 99.1 cm³/mol. The Morgan fingerprint density at radius 3 is 2.48 bits per heavy atom. The zero-order valence-corrected chi connectivity index (χ0v) is 14.7. The van der Waals surface area contributed by atoms with Gasteiger partial charge < -0.3 is 10.0 Å². The Kier molecular flexibility index (Phi) is 5.21. The van der Waals surface area contributed by atoms with E-state index in [1.165, 1.54) is 24.0 Å². The Labute approximate surface area is 156 Å². The number of amides is 3. The van der Waals surface area contributed by atoms with Crippen LogP contribution < -0.4 is 10.9 Å². The van der Waals surface area contributed by atoms with E-state index in [1.54, 1.807) is 18.3 Å². The summed E-state index contributed by atoms with van der Waals surface area (Å²) >= 11 is 0. The Morgan fingerprint density at radius 1 is 1.04 bits per heavy atom. The smallest absolute Gasteiger partial charge is 0.273 e. The SMILES string of the molecule is CC(=O)N1C=Cc2ccccc2C1CC(=O)NNC(=O)c1ccccc1O. The quantitative estimate of drug-likeness (QED) is 0.726. The molecule has 2 aromatic rings. The fraction of sp³-hybridized carbons (Fsp3) is 0.150. The zero-order chi connectivity index (χ0) is 19.4. The number of carbonyl (C=O) groups excluding carboxylic acids is 3. The van der Waals surface area contributed by atoms with E-state index in [0.29, 0.717) is 0 Å². The summed E-state index contributed by atoms with van der Waals surface area (Å²) in [5, 5.41) is 9.69. The van der Waals surface area contributed by atoms with Gasteiger partial charge in [-0.2, -0.15) is 0 Å². The molecule has 27 heavy (non-hydrogen) atoms. The average Bonchev–Trinajstić information content (AvgIpc) is 2.66. The maximum atomic E-state index is 12.4. The molecule has 0 saturated carbocycles. The average molecular weight is 365 g/mol. The van der Waals surface area contributed by atoms with Gasteiger partial charge >= 0.3 is 0 Å². The highest BCUT2D eigenvalue weighted by Crippen LogP contribution is 2.32. The van der Waals surface area contributed by atoms with Gasteiger partial charge in [-0.05, 0) is 29.3 Å². The van der Waals surface area contributed by atoms with Crippen molar-refractivity contribution >= 4 is 23.8 Å². The van der Waals surface area contributed by atoms with Gasteiger partial charge in [-0.1, -0.05) is 36.4 Å². The van der Waals surface area contributed by atoms with Crippen LogP contribution >= 0.6 is 0 Å². The molecule has 1 heterocycles. The molecule has 3 N–H and O–H groups in total. The second-order valence-electron chi connectivity index (χ2n) is 6.11. The second kappa shape index (κ2) is 7.74. The van der Waals surface area contributed by atoms with Gasteiger partial charge in [-0.25, -0.2) is 0 Å². The van der Waals surface area contributed by atoms with Crippen molar-refractivity contribution in [2.24, 2.45) is 0 Å². The normalized spacial score (nSPS) is 15.0. The number of phenols is 1. The first-order valence-corrected chi connectivity index (χ1v) is 8.40. The number of phenolic OH excluding ortho intramolecular Hbond substituents is 1. The van der Waals surface area contributed by atoms with Crippen molar-refractivity contribution in [2.75, 3.05) is 0 Å². The van der Waals surface area contributed by atoms with Crippen LogP contribution in [0.2, 0.25) is 0 Å². The molecule has 0 aromatic heterocycles. The molecule has 0 spiro atoms. The summed E-state index contributed by atoms with van der Waals surface area (Å²) in [6, 6.07) is 13.1. The summed E-state index contributed by atoms with van der Waals surface area (Å²) in [7, 11) is 0. The summed E-state index contributed by atoms with van der Waals surface area (Å²) < 4.78 is 0. The van der Waals surface area contributed by atoms with E-state index < -0.39 is 17.9 Å². The van der Waals surface area contributed by atoms with Crippen molar-refractivity contribution in [3.05, 3.63) is 71.4 Å².